The number of hydrogen-bond acceptors (Lipinski definition) is 5. The first-order valence-corrected chi connectivity index (χ1v) is 6.46. The molecular weight excluding hydrogens is 252 g/mol. The van der Waals surface area contributed by atoms with Crippen LogP contribution in [-0.4, -0.2) is 29.7 Å². The van der Waals surface area contributed by atoms with Crippen LogP contribution in [0.2, 0.25) is 0 Å². The minimum atomic E-state index is 0.523. The maximum absolute atomic E-state index is 5.70. The molecule has 5 heteroatoms. The number of hydrogen-bond donors (Lipinski definition) is 1. The van der Waals surface area contributed by atoms with E-state index in [1.54, 1.807) is 6.20 Å². The van der Waals surface area contributed by atoms with Gasteiger partial charge in [0.1, 0.15) is 0 Å². The van der Waals surface area contributed by atoms with Crippen molar-refractivity contribution >= 4 is 11.6 Å². The van der Waals surface area contributed by atoms with Crippen LogP contribution in [-0.2, 0) is 4.74 Å². The van der Waals surface area contributed by atoms with Crippen molar-refractivity contribution in [1.29, 1.82) is 0 Å². The third kappa shape index (κ3) is 2.48. The van der Waals surface area contributed by atoms with E-state index in [0.717, 1.165) is 29.2 Å². The number of anilines is 2. The molecule has 3 rings (SSSR count). The van der Waals surface area contributed by atoms with E-state index in [2.05, 4.69) is 16.5 Å². The predicted octanol–water partition coefficient (Wildman–Crippen LogP) is 2.08. The SMILES string of the molecule is C=C1COCCN1c1nccc(-c2ccc(N)cc2)n1. The van der Waals surface area contributed by atoms with Gasteiger partial charge in [-0.2, -0.15) is 0 Å². The van der Waals surface area contributed by atoms with Crippen molar-refractivity contribution in [3.63, 3.8) is 0 Å². The van der Waals surface area contributed by atoms with Gasteiger partial charge in [0.2, 0.25) is 5.95 Å². The summed E-state index contributed by atoms with van der Waals surface area (Å²) >= 11 is 0. The minimum Gasteiger partial charge on any atom is -0.399 e. The van der Waals surface area contributed by atoms with Crippen molar-refractivity contribution in [3.8, 4) is 11.3 Å². The lowest BCUT2D eigenvalue weighted by Crippen LogP contribution is -2.35. The molecule has 1 aliphatic rings. The summed E-state index contributed by atoms with van der Waals surface area (Å²) in [7, 11) is 0. The summed E-state index contributed by atoms with van der Waals surface area (Å²) in [5.41, 5.74) is 9.21. The molecule has 5 nitrogen and oxygen atoms in total. The molecule has 1 fully saturated rings. The Morgan fingerprint density at radius 3 is 2.75 bits per heavy atom. The molecule has 2 N–H and O–H groups in total. The molecule has 0 aliphatic carbocycles. The Morgan fingerprint density at radius 1 is 1.20 bits per heavy atom. The van der Waals surface area contributed by atoms with Gasteiger partial charge >= 0.3 is 0 Å². The van der Waals surface area contributed by atoms with Gasteiger partial charge in [-0.25, -0.2) is 9.97 Å². The minimum absolute atomic E-state index is 0.523. The van der Waals surface area contributed by atoms with Crippen LogP contribution in [0.4, 0.5) is 11.6 Å². The van der Waals surface area contributed by atoms with Gasteiger partial charge < -0.3 is 15.4 Å². The zero-order valence-corrected chi connectivity index (χ0v) is 11.1. The number of nitrogen functional groups attached to an aromatic ring is 1. The number of nitrogens with zero attached hydrogens (tertiary/aromatic N) is 3. The van der Waals surface area contributed by atoms with Crippen LogP contribution in [0.5, 0.6) is 0 Å². The van der Waals surface area contributed by atoms with Crippen LogP contribution in [0.15, 0.2) is 48.8 Å². The van der Waals surface area contributed by atoms with E-state index in [0.29, 0.717) is 19.2 Å². The van der Waals surface area contributed by atoms with Crippen LogP contribution in [0.1, 0.15) is 0 Å². The van der Waals surface area contributed by atoms with Crippen LogP contribution in [0.25, 0.3) is 11.3 Å². The van der Waals surface area contributed by atoms with Crippen molar-refractivity contribution in [1.82, 2.24) is 9.97 Å². The molecule has 1 saturated heterocycles. The Bertz CT molecular complexity index is 624. The second kappa shape index (κ2) is 5.30. The molecule has 20 heavy (non-hydrogen) atoms. The van der Waals surface area contributed by atoms with Crippen LogP contribution in [0.3, 0.4) is 0 Å². The molecule has 0 atom stereocenters. The lowest BCUT2D eigenvalue weighted by Gasteiger charge is -2.28. The lowest BCUT2D eigenvalue weighted by atomic mass is 10.1. The number of ether oxygens (including phenoxy) is 1. The Labute approximate surface area is 117 Å². The maximum atomic E-state index is 5.70. The molecule has 1 aromatic heterocycles. The second-order valence-corrected chi connectivity index (χ2v) is 4.63. The average molecular weight is 268 g/mol. The number of nitrogens with two attached hydrogens (primary N) is 1. The fourth-order valence-corrected chi connectivity index (χ4v) is 2.12. The largest absolute Gasteiger partial charge is 0.399 e. The number of morpholine rings is 1. The van der Waals surface area contributed by atoms with Gasteiger partial charge in [-0.15, -0.1) is 0 Å². The lowest BCUT2D eigenvalue weighted by molar-refractivity contribution is 0.142. The molecule has 0 unspecified atom stereocenters. The number of rotatable bonds is 2. The monoisotopic (exact) mass is 268 g/mol. The quantitative estimate of drug-likeness (QED) is 0.845. The molecule has 2 aromatic rings. The first-order valence-electron chi connectivity index (χ1n) is 6.46. The van der Waals surface area contributed by atoms with Gasteiger partial charge in [-0.05, 0) is 18.2 Å². The molecule has 0 radical (unpaired) electrons. The molecule has 0 spiro atoms. The van der Waals surface area contributed by atoms with Gasteiger partial charge in [-0.1, -0.05) is 18.7 Å². The Morgan fingerprint density at radius 2 is 2.00 bits per heavy atom. The van der Waals surface area contributed by atoms with Crippen LogP contribution >= 0.6 is 0 Å². The number of benzene rings is 1. The summed E-state index contributed by atoms with van der Waals surface area (Å²) in [5, 5.41) is 0. The Balaban J connectivity index is 1.93. The van der Waals surface area contributed by atoms with Crippen molar-refractivity contribution in [2.75, 3.05) is 30.4 Å². The van der Waals surface area contributed by atoms with E-state index in [-0.39, 0.29) is 0 Å². The first kappa shape index (κ1) is 12.6. The highest BCUT2D eigenvalue weighted by atomic mass is 16.5. The van der Waals surface area contributed by atoms with Crippen molar-refractivity contribution in [2.24, 2.45) is 0 Å². The average Bonchev–Trinajstić information content (AvgIpc) is 2.49. The highest BCUT2D eigenvalue weighted by molar-refractivity contribution is 5.63. The van der Waals surface area contributed by atoms with Gasteiger partial charge in [0.25, 0.3) is 0 Å². The smallest absolute Gasteiger partial charge is 0.230 e. The molecule has 0 saturated carbocycles. The van der Waals surface area contributed by atoms with Crippen LogP contribution < -0.4 is 10.6 Å². The third-order valence-electron chi connectivity index (χ3n) is 3.20. The Hall–Kier alpha value is -2.40. The van der Waals surface area contributed by atoms with E-state index in [1.807, 2.05) is 35.2 Å². The molecule has 0 bridgehead atoms. The van der Waals surface area contributed by atoms with E-state index < -0.39 is 0 Å². The summed E-state index contributed by atoms with van der Waals surface area (Å²) in [6, 6.07) is 9.53. The summed E-state index contributed by atoms with van der Waals surface area (Å²) in [5.74, 6) is 0.660. The van der Waals surface area contributed by atoms with E-state index >= 15 is 0 Å². The highest BCUT2D eigenvalue weighted by Gasteiger charge is 2.18. The fraction of sp³-hybridized carbons (Fsp3) is 0.200. The normalized spacial score (nSPS) is 15.4. The summed E-state index contributed by atoms with van der Waals surface area (Å²) in [6.45, 7) is 5.90. The van der Waals surface area contributed by atoms with Gasteiger partial charge in [-0.3, -0.25) is 0 Å². The topological polar surface area (TPSA) is 64.3 Å². The molecule has 1 aromatic carbocycles. The molecule has 0 amide bonds. The van der Waals surface area contributed by atoms with E-state index in [9.17, 15) is 0 Å². The van der Waals surface area contributed by atoms with E-state index in [1.165, 1.54) is 0 Å². The van der Waals surface area contributed by atoms with Gasteiger partial charge in [0.05, 0.1) is 18.9 Å². The zero-order chi connectivity index (χ0) is 13.9. The molecule has 2 heterocycles. The first-order chi connectivity index (χ1) is 9.74. The zero-order valence-electron chi connectivity index (χ0n) is 11.1. The summed E-state index contributed by atoms with van der Waals surface area (Å²) in [6.07, 6.45) is 1.76. The highest BCUT2D eigenvalue weighted by Crippen LogP contribution is 2.22. The molecular formula is C15H16N4O. The third-order valence-corrected chi connectivity index (χ3v) is 3.20. The molecule has 1 aliphatic heterocycles. The standard InChI is InChI=1S/C15H16N4O/c1-11-10-20-9-8-19(11)15-17-7-6-14(18-15)12-2-4-13(16)5-3-12/h2-7H,1,8-10,16H2. The molecule has 102 valence electrons. The summed E-state index contributed by atoms with van der Waals surface area (Å²) in [4.78, 5) is 10.9. The second-order valence-electron chi connectivity index (χ2n) is 4.63. The van der Waals surface area contributed by atoms with Crippen molar-refractivity contribution in [2.45, 2.75) is 0 Å². The van der Waals surface area contributed by atoms with Gasteiger partial charge in [0, 0.05) is 29.7 Å². The van der Waals surface area contributed by atoms with Gasteiger partial charge in [0.15, 0.2) is 0 Å². The van der Waals surface area contributed by atoms with Crippen molar-refractivity contribution in [3.05, 3.63) is 48.8 Å². The van der Waals surface area contributed by atoms with Crippen LogP contribution in [0, 0.1) is 0 Å². The van der Waals surface area contributed by atoms with E-state index in [4.69, 9.17) is 10.5 Å². The predicted molar refractivity (Wildman–Crippen MR) is 79.2 cm³/mol. The summed E-state index contributed by atoms with van der Waals surface area (Å²) < 4.78 is 5.35. The number of aromatic nitrogens is 2. The fourth-order valence-electron chi connectivity index (χ4n) is 2.12. The maximum Gasteiger partial charge on any atom is 0.230 e. The Kier molecular flexibility index (Phi) is 3.35. The van der Waals surface area contributed by atoms with Crippen molar-refractivity contribution < 1.29 is 4.74 Å².